The largest absolute Gasteiger partial charge is 0.478 e. The van der Waals surface area contributed by atoms with Crippen LogP contribution < -0.4 is 5.32 Å². The smallest absolute Gasteiger partial charge is 0.335 e. The first-order chi connectivity index (χ1) is 11.9. The maximum atomic E-state index is 12.4. The Balaban J connectivity index is 2.01. The van der Waals surface area contributed by atoms with Crippen LogP contribution in [-0.4, -0.2) is 22.8 Å². The lowest BCUT2D eigenvalue weighted by Crippen LogP contribution is -2.24. The molecule has 25 heavy (non-hydrogen) atoms. The fourth-order valence-electron chi connectivity index (χ4n) is 2.44. The van der Waals surface area contributed by atoms with Crippen molar-refractivity contribution in [2.75, 3.05) is 5.32 Å². The zero-order valence-corrected chi connectivity index (χ0v) is 14.3. The molecule has 0 aliphatic rings. The number of carbonyl (C=O) groups excluding carboxylic acids is 2. The third kappa shape index (κ3) is 5.01. The van der Waals surface area contributed by atoms with E-state index in [1.54, 1.807) is 12.1 Å². The lowest BCUT2D eigenvalue weighted by atomic mass is 9.95. The molecular formula is C20H21NO4. The lowest BCUT2D eigenvalue weighted by molar-refractivity contribution is -0.119. The summed E-state index contributed by atoms with van der Waals surface area (Å²) in [6.07, 6.45) is 0.676. The summed E-state index contributed by atoms with van der Waals surface area (Å²) < 4.78 is 0. The second-order valence-electron chi connectivity index (χ2n) is 5.97. The molecule has 2 aromatic carbocycles. The van der Waals surface area contributed by atoms with Gasteiger partial charge in [0, 0.05) is 23.6 Å². The number of ketones is 1. The van der Waals surface area contributed by atoms with Gasteiger partial charge in [-0.1, -0.05) is 36.8 Å². The van der Waals surface area contributed by atoms with Crippen LogP contribution in [0.3, 0.4) is 0 Å². The molecular weight excluding hydrogens is 318 g/mol. The summed E-state index contributed by atoms with van der Waals surface area (Å²) in [7, 11) is 0. The van der Waals surface area contributed by atoms with Crippen molar-refractivity contribution in [1.82, 2.24) is 0 Å². The lowest BCUT2D eigenvalue weighted by Gasteiger charge is -2.14. The molecule has 0 radical (unpaired) electrons. The third-order valence-electron chi connectivity index (χ3n) is 4.07. The SMILES string of the molecule is CCC(CC(=O)c1ccc(C)cc1)C(=O)Nc1ccc(C(=O)O)cc1. The molecule has 2 aromatic rings. The van der Waals surface area contributed by atoms with Gasteiger partial charge < -0.3 is 10.4 Å². The van der Waals surface area contributed by atoms with Crippen LogP contribution in [0.1, 0.15) is 46.0 Å². The van der Waals surface area contributed by atoms with E-state index in [4.69, 9.17) is 5.11 Å². The van der Waals surface area contributed by atoms with Crippen molar-refractivity contribution in [3.8, 4) is 0 Å². The van der Waals surface area contributed by atoms with Crippen LogP contribution >= 0.6 is 0 Å². The second-order valence-corrected chi connectivity index (χ2v) is 5.97. The van der Waals surface area contributed by atoms with Gasteiger partial charge in [-0.05, 0) is 37.6 Å². The van der Waals surface area contributed by atoms with Gasteiger partial charge in [0.25, 0.3) is 0 Å². The minimum Gasteiger partial charge on any atom is -0.478 e. The average Bonchev–Trinajstić information content (AvgIpc) is 2.60. The fraction of sp³-hybridized carbons (Fsp3) is 0.250. The van der Waals surface area contributed by atoms with E-state index < -0.39 is 11.9 Å². The van der Waals surface area contributed by atoms with Gasteiger partial charge in [-0.2, -0.15) is 0 Å². The number of carbonyl (C=O) groups is 3. The standard InChI is InChI=1S/C20H21NO4/c1-3-14(12-18(22)15-6-4-13(2)5-7-15)19(23)21-17-10-8-16(9-11-17)20(24)25/h4-11,14H,3,12H2,1-2H3,(H,21,23)(H,24,25). The van der Waals surface area contributed by atoms with Gasteiger partial charge in [0.15, 0.2) is 5.78 Å². The fourth-order valence-corrected chi connectivity index (χ4v) is 2.44. The number of carboxylic acids is 1. The van der Waals surface area contributed by atoms with Crippen molar-refractivity contribution in [2.45, 2.75) is 26.7 Å². The summed E-state index contributed by atoms with van der Waals surface area (Å²) in [4.78, 5) is 35.6. The highest BCUT2D eigenvalue weighted by atomic mass is 16.4. The topological polar surface area (TPSA) is 83.5 Å². The molecule has 130 valence electrons. The molecule has 0 heterocycles. The Labute approximate surface area is 146 Å². The molecule has 0 aliphatic heterocycles. The van der Waals surface area contributed by atoms with Gasteiger partial charge in [0.2, 0.25) is 5.91 Å². The van der Waals surface area contributed by atoms with Crippen LogP contribution in [0.5, 0.6) is 0 Å². The second kappa shape index (κ2) is 8.24. The summed E-state index contributed by atoms with van der Waals surface area (Å²) >= 11 is 0. The molecule has 0 spiro atoms. The van der Waals surface area contributed by atoms with E-state index >= 15 is 0 Å². The van der Waals surface area contributed by atoms with Crippen LogP contribution in [0.2, 0.25) is 0 Å². The summed E-state index contributed by atoms with van der Waals surface area (Å²) in [5.74, 6) is -1.77. The van der Waals surface area contributed by atoms with E-state index in [9.17, 15) is 14.4 Å². The van der Waals surface area contributed by atoms with E-state index in [0.29, 0.717) is 17.7 Å². The number of hydrogen-bond acceptors (Lipinski definition) is 3. The molecule has 1 atom stereocenters. The van der Waals surface area contributed by atoms with Gasteiger partial charge in [-0.3, -0.25) is 9.59 Å². The van der Waals surface area contributed by atoms with E-state index in [0.717, 1.165) is 5.56 Å². The molecule has 5 heteroatoms. The molecule has 0 saturated heterocycles. The number of carboxylic acid groups (broad SMARTS) is 1. The minimum absolute atomic E-state index is 0.0665. The average molecular weight is 339 g/mol. The molecule has 1 unspecified atom stereocenters. The Morgan fingerprint density at radius 2 is 1.52 bits per heavy atom. The van der Waals surface area contributed by atoms with E-state index in [1.807, 2.05) is 26.0 Å². The van der Waals surface area contributed by atoms with Crippen molar-refractivity contribution in [3.63, 3.8) is 0 Å². The Morgan fingerprint density at radius 3 is 2.04 bits per heavy atom. The molecule has 0 bridgehead atoms. The first-order valence-corrected chi connectivity index (χ1v) is 8.14. The van der Waals surface area contributed by atoms with Crippen molar-refractivity contribution < 1.29 is 19.5 Å². The van der Waals surface area contributed by atoms with Crippen LogP contribution in [0.4, 0.5) is 5.69 Å². The number of hydrogen-bond donors (Lipinski definition) is 2. The van der Waals surface area contributed by atoms with Gasteiger partial charge in [-0.15, -0.1) is 0 Å². The molecule has 0 saturated carbocycles. The first kappa shape index (κ1) is 18.4. The Hall–Kier alpha value is -2.95. The van der Waals surface area contributed by atoms with Crippen molar-refractivity contribution in [1.29, 1.82) is 0 Å². The van der Waals surface area contributed by atoms with Crippen molar-refractivity contribution in [2.24, 2.45) is 5.92 Å². The normalized spacial score (nSPS) is 11.6. The Morgan fingerprint density at radius 1 is 0.960 bits per heavy atom. The van der Waals surface area contributed by atoms with Gasteiger partial charge in [0.1, 0.15) is 0 Å². The molecule has 5 nitrogen and oxygen atoms in total. The van der Waals surface area contributed by atoms with Gasteiger partial charge in [-0.25, -0.2) is 4.79 Å². The van der Waals surface area contributed by atoms with Crippen molar-refractivity contribution in [3.05, 3.63) is 65.2 Å². The molecule has 2 N–H and O–H groups in total. The number of rotatable bonds is 7. The number of nitrogens with one attached hydrogen (secondary N) is 1. The van der Waals surface area contributed by atoms with Gasteiger partial charge >= 0.3 is 5.97 Å². The number of aromatic carboxylic acids is 1. The third-order valence-corrected chi connectivity index (χ3v) is 4.07. The quantitative estimate of drug-likeness (QED) is 0.749. The van der Waals surface area contributed by atoms with E-state index in [2.05, 4.69) is 5.32 Å². The highest BCUT2D eigenvalue weighted by Crippen LogP contribution is 2.17. The predicted octanol–water partition coefficient (Wildman–Crippen LogP) is 3.93. The van der Waals surface area contributed by atoms with E-state index in [1.165, 1.54) is 24.3 Å². The van der Waals surface area contributed by atoms with Crippen molar-refractivity contribution >= 4 is 23.3 Å². The van der Waals surface area contributed by atoms with Crippen LogP contribution in [0.25, 0.3) is 0 Å². The summed E-state index contributed by atoms with van der Waals surface area (Å²) in [5.41, 5.74) is 2.34. The number of aryl methyl sites for hydroxylation is 1. The molecule has 0 aliphatic carbocycles. The summed E-state index contributed by atoms with van der Waals surface area (Å²) in [5, 5.41) is 11.6. The predicted molar refractivity (Wildman–Crippen MR) is 95.9 cm³/mol. The zero-order valence-electron chi connectivity index (χ0n) is 14.3. The number of amides is 1. The van der Waals surface area contributed by atoms with Gasteiger partial charge in [0.05, 0.1) is 5.56 Å². The molecule has 0 fully saturated rings. The van der Waals surface area contributed by atoms with Crippen LogP contribution in [0, 0.1) is 12.8 Å². The molecule has 2 rings (SSSR count). The number of anilines is 1. The number of Topliss-reactive ketones (excluding diaryl/α,β-unsaturated/α-hetero) is 1. The Kier molecular flexibility index (Phi) is 6.06. The van der Waals surface area contributed by atoms with Crippen LogP contribution in [0.15, 0.2) is 48.5 Å². The zero-order chi connectivity index (χ0) is 18.4. The molecule has 1 amide bonds. The summed E-state index contributed by atoms with van der Waals surface area (Å²) in [6.45, 7) is 3.81. The number of benzene rings is 2. The monoisotopic (exact) mass is 339 g/mol. The van der Waals surface area contributed by atoms with E-state index in [-0.39, 0.29) is 23.7 Å². The minimum atomic E-state index is -1.02. The maximum Gasteiger partial charge on any atom is 0.335 e. The highest BCUT2D eigenvalue weighted by Gasteiger charge is 2.21. The highest BCUT2D eigenvalue weighted by molar-refractivity contribution is 6.01. The maximum absolute atomic E-state index is 12.4. The van der Waals surface area contributed by atoms with Crippen LogP contribution in [-0.2, 0) is 4.79 Å². The Bertz CT molecular complexity index is 763. The summed E-state index contributed by atoms with van der Waals surface area (Å²) in [6, 6.07) is 13.2. The first-order valence-electron chi connectivity index (χ1n) is 8.14. The molecule has 0 aromatic heterocycles.